The smallest absolute Gasteiger partial charge is 0.193 e. The molecule has 8 rings (SSSR count). The first-order chi connectivity index (χ1) is 24.0. The zero-order valence-corrected chi connectivity index (χ0v) is 27.4. The summed E-state index contributed by atoms with van der Waals surface area (Å²) in [5.74, 6) is 1.42. The molecule has 0 saturated carbocycles. The van der Waals surface area contributed by atoms with Crippen molar-refractivity contribution in [3.8, 4) is 11.5 Å². The van der Waals surface area contributed by atoms with E-state index < -0.39 is 0 Å². The van der Waals surface area contributed by atoms with Gasteiger partial charge in [0, 0.05) is 79.0 Å². The Hall–Kier alpha value is -6.14. The molecule has 0 N–H and O–H groups in total. The molecule has 240 valence electrons. The maximum absolute atomic E-state index is 13.4. The highest BCUT2D eigenvalue weighted by Crippen LogP contribution is 2.33. The highest BCUT2D eigenvalue weighted by Gasteiger charge is 2.17. The van der Waals surface area contributed by atoms with Crippen molar-refractivity contribution in [1.82, 2.24) is 9.13 Å². The van der Waals surface area contributed by atoms with Gasteiger partial charge in [-0.2, -0.15) is 0 Å². The van der Waals surface area contributed by atoms with Crippen LogP contribution in [0.4, 0.5) is 0 Å². The summed E-state index contributed by atoms with van der Waals surface area (Å²) >= 11 is 0. The van der Waals surface area contributed by atoms with Gasteiger partial charge in [-0.05, 0) is 103 Å². The van der Waals surface area contributed by atoms with Gasteiger partial charge in [0.15, 0.2) is 11.6 Å². The zero-order valence-electron chi connectivity index (χ0n) is 27.4. The van der Waals surface area contributed by atoms with Crippen LogP contribution in [-0.4, -0.2) is 34.9 Å². The number of ketones is 2. The average molecular weight is 643 g/mol. The Kier molecular flexibility index (Phi) is 7.69. The van der Waals surface area contributed by atoms with Gasteiger partial charge in [0.1, 0.15) is 11.5 Å². The van der Waals surface area contributed by atoms with Crippen LogP contribution >= 0.6 is 0 Å². The van der Waals surface area contributed by atoms with Gasteiger partial charge in [0.05, 0.1) is 14.2 Å². The molecule has 8 aromatic rings. The second-order valence-electron chi connectivity index (χ2n) is 12.3. The number of carbonyl (C=O) groups excluding carboxylic acids is 2. The maximum atomic E-state index is 13.4. The van der Waals surface area contributed by atoms with Gasteiger partial charge >= 0.3 is 0 Å². The number of methoxy groups -OCH3 is 2. The second kappa shape index (κ2) is 12.5. The normalized spacial score (nSPS) is 11.5. The zero-order chi connectivity index (χ0) is 33.5. The molecular formula is C43H34N2O4. The van der Waals surface area contributed by atoms with Crippen LogP contribution in [0.1, 0.15) is 38.3 Å². The monoisotopic (exact) mass is 642 g/mol. The Balaban J connectivity index is 1.10. The lowest BCUT2D eigenvalue weighted by Gasteiger charge is -2.11. The number of carbonyl (C=O) groups is 2. The largest absolute Gasteiger partial charge is 0.497 e. The number of hydrogen-bond acceptors (Lipinski definition) is 4. The number of hydrogen-bond donors (Lipinski definition) is 0. The fourth-order valence-corrected chi connectivity index (χ4v) is 7.08. The van der Waals surface area contributed by atoms with E-state index in [1.54, 1.807) is 14.2 Å². The van der Waals surface area contributed by atoms with Gasteiger partial charge in [-0.15, -0.1) is 0 Å². The molecule has 0 unspecified atom stereocenters. The Bertz CT molecular complexity index is 2340. The van der Waals surface area contributed by atoms with E-state index in [0.717, 1.165) is 74.6 Å². The summed E-state index contributed by atoms with van der Waals surface area (Å²) in [5, 5.41) is 4.40. The van der Waals surface area contributed by atoms with E-state index in [0.29, 0.717) is 22.3 Å². The van der Waals surface area contributed by atoms with Crippen LogP contribution in [0, 0.1) is 0 Å². The SMILES string of the molecule is COc1ccc(C(=O)c2ccc3c(c2)c2ccccc2n3CCCn2c3ccccc3c3cc(C(=O)c4ccc(OC)cc4)ccc32)cc1. The molecule has 0 amide bonds. The Morgan fingerprint density at radius 3 is 1.22 bits per heavy atom. The number of para-hydroxylation sites is 2. The minimum absolute atomic E-state index is 0.0124. The van der Waals surface area contributed by atoms with Gasteiger partial charge in [-0.25, -0.2) is 0 Å². The number of benzene rings is 6. The molecule has 6 aromatic carbocycles. The van der Waals surface area contributed by atoms with E-state index in [2.05, 4.69) is 69.8 Å². The van der Waals surface area contributed by atoms with E-state index in [-0.39, 0.29) is 11.6 Å². The van der Waals surface area contributed by atoms with Crippen molar-refractivity contribution in [3.63, 3.8) is 0 Å². The van der Waals surface area contributed by atoms with E-state index in [1.807, 2.05) is 72.8 Å². The first-order valence-electron chi connectivity index (χ1n) is 16.4. The highest BCUT2D eigenvalue weighted by molar-refractivity contribution is 6.16. The molecule has 2 heterocycles. The summed E-state index contributed by atoms with van der Waals surface area (Å²) in [6, 6.07) is 43.4. The molecule has 6 nitrogen and oxygen atoms in total. The van der Waals surface area contributed by atoms with E-state index in [4.69, 9.17) is 9.47 Å². The molecule has 0 aliphatic carbocycles. The average Bonchev–Trinajstić information content (AvgIpc) is 3.65. The van der Waals surface area contributed by atoms with Crippen molar-refractivity contribution in [1.29, 1.82) is 0 Å². The molecule has 49 heavy (non-hydrogen) atoms. The van der Waals surface area contributed by atoms with E-state index in [9.17, 15) is 9.59 Å². The molecule has 0 radical (unpaired) electrons. The van der Waals surface area contributed by atoms with Crippen molar-refractivity contribution >= 4 is 55.2 Å². The van der Waals surface area contributed by atoms with Crippen LogP contribution in [0.15, 0.2) is 133 Å². The number of aromatic nitrogens is 2. The molecule has 0 fully saturated rings. The van der Waals surface area contributed by atoms with Crippen molar-refractivity contribution in [2.45, 2.75) is 19.5 Å². The predicted octanol–water partition coefficient (Wildman–Crippen LogP) is 9.47. The van der Waals surface area contributed by atoms with E-state index >= 15 is 0 Å². The maximum Gasteiger partial charge on any atom is 0.193 e. The third-order valence-corrected chi connectivity index (χ3v) is 9.54. The Labute approximate surface area is 283 Å². The van der Waals surface area contributed by atoms with Crippen LogP contribution < -0.4 is 9.47 Å². The van der Waals surface area contributed by atoms with Gasteiger partial charge in [-0.1, -0.05) is 36.4 Å². The second-order valence-corrected chi connectivity index (χ2v) is 12.3. The molecule has 0 aliphatic heterocycles. The van der Waals surface area contributed by atoms with Crippen LogP contribution in [0.25, 0.3) is 43.6 Å². The number of fused-ring (bicyclic) bond motifs is 6. The van der Waals surface area contributed by atoms with Crippen LogP contribution in [0.2, 0.25) is 0 Å². The summed E-state index contributed by atoms with van der Waals surface area (Å²) < 4.78 is 15.3. The molecule has 2 aromatic heterocycles. The fraction of sp³-hybridized carbons (Fsp3) is 0.116. The first-order valence-corrected chi connectivity index (χ1v) is 16.4. The van der Waals surface area contributed by atoms with Crippen LogP contribution in [-0.2, 0) is 13.1 Å². The van der Waals surface area contributed by atoms with Gasteiger partial charge in [-0.3, -0.25) is 9.59 Å². The summed E-state index contributed by atoms with van der Waals surface area (Å²) in [7, 11) is 3.24. The first kappa shape index (κ1) is 30.2. The quantitative estimate of drug-likeness (QED) is 0.139. The minimum Gasteiger partial charge on any atom is -0.497 e. The summed E-state index contributed by atoms with van der Waals surface area (Å²) in [4.78, 5) is 26.9. The number of nitrogens with zero attached hydrogens (tertiary/aromatic N) is 2. The number of aryl methyl sites for hydroxylation is 2. The lowest BCUT2D eigenvalue weighted by atomic mass is 10.0. The molecular weight excluding hydrogens is 608 g/mol. The van der Waals surface area contributed by atoms with Gasteiger partial charge in [0.2, 0.25) is 0 Å². The van der Waals surface area contributed by atoms with Crippen molar-refractivity contribution in [2.75, 3.05) is 14.2 Å². The molecule has 0 saturated heterocycles. The predicted molar refractivity (Wildman–Crippen MR) is 196 cm³/mol. The third kappa shape index (κ3) is 5.32. The third-order valence-electron chi connectivity index (χ3n) is 9.54. The molecule has 0 atom stereocenters. The van der Waals surface area contributed by atoms with Gasteiger partial charge < -0.3 is 18.6 Å². The Morgan fingerprint density at radius 1 is 0.449 bits per heavy atom. The topological polar surface area (TPSA) is 62.5 Å². The van der Waals surface area contributed by atoms with Crippen LogP contribution in [0.3, 0.4) is 0 Å². The summed E-state index contributed by atoms with van der Waals surface area (Å²) in [6.07, 6.45) is 0.889. The molecule has 0 spiro atoms. The molecule has 0 bridgehead atoms. The number of rotatable bonds is 10. The Morgan fingerprint density at radius 2 is 0.816 bits per heavy atom. The fourth-order valence-electron chi connectivity index (χ4n) is 7.08. The minimum atomic E-state index is -0.0124. The lowest BCUT2D eigenvalue weighted by molar-refractivity contribution is 0.103. The van der Waals surface area contributed by atoms with Crippen molar-refractivity contribution in [2.24, 2.45) is 0 Å². The highest BCUT2D eigenvalue weighted by atomic mass is 16.5. The van der Waals surface area contributed by atoms with Gasteiger partial charge in [0.25, 0.3) is 0 Å². The van der Waals surface area contributed by atoms with E-state index in [1.165, 1.54) is 0 Å². The summed E-state index contributed by atoms with van der Waals surface area (Å²) in [5.41, 5.74) is 7.10. The lowest BCUT2D eigenvalue weighted by Crippen LogP contribution is -2.05. The molecule has 0 aliphatic rings. The summed E-state index contributed by atoms with van der Waals surface area (Å²) in [6.45, 7) is 1.61. The van der Waals surface area contributed by atoms with Crippen LogP contribution in [0.5, 0.6) is 11.5 Å². The van der Waals surface area contributed by atoms with Crippen molar-refractivity contribution < 1.29 is 19.1 Å². The van der Waals surface area contributed by atoms with Crippen molar-refractivity contribution in [3.05, 3.63) is 156 Å². The standard InChI is InChI=1S/C43H34N2O4/c1-48-32-18-12-28(13-19-32)42(46)30-16-22-40-36(26-30)34-8-3-5-10-38(34)44(40)24-7-25-45-39-11-6-4-9-35(39)37-27-31(17-23-41(37)45)43(47)29-14-20-33(49-2)21-15-29/h3-6,8-23,26-27H,7,24-25H2,1-2H3. The molecule has 6 heteroatoms. The number of ether oxygens (including phenoxy) is 2.